The van der Waals surface area contributed by atoms with Gasteiger partial charge >= 0.3 is 6.55 Å². The van der Waals surface area contributed by atoms with Crippen LogP contribution in [0.2, 0.25) is 5.02 Å². The molecule has 6 nitrogen and oxygen atoms in total. The Morgan fingerprint density at radius 3 is 2.33 bits per heavy atom. The highest BCUT2D eigenvalue weighted by Gasteiger charge is 2.34. The van der Waals surface area contributed by atoms with Crippen LogP contribution >= 0.6 is 11.6 Å². The molecule has 2 heterocycles. The van der Waals surface area contributed by atoms with E-state index in [1.165, 1.54) is 18.2 Å². The number of halogens is 3. The van der Waals surface area contributed by atoms with Gasteiger partial charge in [0, 0.05) is 37.7 Å². The van der Waals surface area contributed by atoms with Crippen molar-refractivity contribution < 1.29 is 17.2 Å². The van der Waals surface area contributed by atoms with Crippen molar-refractivity contribution in [3.05, 3.63) is 46.2 Å². The van der Waals surface area contributed by atoms with E-state index in [9.17, 15) is 17.2 Å². The second-order valence-corrected chi connectivity index (χ2v) is 8.78. The fraction of sp³-hybridized carbons (Fsp3) is 0.471. The number of nitrogens with zero attached hydrogens (tertiary/aromatic N) is 4. The molecule has 1 fully saturated rings. The maximum atomic E-state index is 13.0. The zero-order chi connectivity index (χ0) is 19.8. The van der Waals surface area contributed by atoms with Crippen LogP contribution in [0.3, 0.4) is 0 Å². The summed E-state index contributed by atoms with van der Waals surface area (Å²) < 4.78 is 53.8. The third kappa shape index (κ3) is 4.01. The Morgan fingerprint density at radius 2 is 1.78 bits per heavy atom. The minimum atomic E-state index is -3.88. The van der Waals surface area contributed by atoms with Gasteiger partial charge < -0.3 is 0 Å². The van der Waals surface area contributed by atoms with Crippen LogP contribution in [0, 0.1) is 13.8 Å². The smallest absolute Gasteiger partial charge is 0.296 e. The molecule has 2 aromatic rings. The summed E-state index contributed by atoms with van der Waals surface area (Å²) in [5, 5.41) is 4.37. The molecule has 1 aromatic carbocycles. The van der Waals surface area contributed by atoms with Gasteiger partial charge in [0.25, 0.3) is 0 Å². The van der Waals surface area contributed by atoms with Gasteiger partial charge in [0.2, 0.25) is 10.0 Å². The van der Waals surface area contributed by atoms with Crippen molar-refractivity contribution in [3.63, 3.8) is 0 Å². The SMILES string of the molecule is Cc1nn(C(F)F)c(C)c1S(=O)(=O)N1CCN(Cc2ccccc2Cl)CC1. The molecule has 0 unspecified atom stereocenters. The van der Waals surface area contributed by atoms with Gasteiger partial charge in [0.1, 0.15) is 4.90 Å². The van der Waals surface area contributed by atoms with E-state index in [2.05, 4.69) is 10.00 Å². The molecule has 1 aliphatic heterocycles. The number of rotatable bonds is 5. The predicted octanol–water partition coefficient (Wildman–Crippen LogP) is 3.05. The summed E-state index contributed by atoms with van der Waals surface area (Å²) in [4.78, 5) is 2.00. The Labute approximate surface area is 162 Å². The average molecular weight is 419 g/mol. The molecule has 0 N–H and O–H groups in total. The first kappa shape index (κ1) is 20.2. The van der Waals surface area contributed by atoms with Gasteiger partial charge in [-0.1, -0.05) is 29.8 Å². The van der Waals surface area contributed by atoms with Crippen molar-refractivity contribution in [1.82, 2.24) is 19.0 Å². The first-order valence-corrected chi connectivity index (χ1v) is 10.3. The Bertz CT molecular complexity index is 925. The van der Waals surface area contributed by atoms with Crippen molar-refractivity contribution in [2.45, 2.75) is 31.8 Å². The summed E-state index contributed by atoms with van der Waals surface area (Å²) in [6.45, 7) is 2.18. The lowest BCUT2D eigenvalue weighted by molar-refractivity contribution is 0.0538. The molecule has 27 heavy (non-hydrogen) atoms. The van der Waals surface area contributed by atoms with Crippen LogP contribution in [0.1, 0.15) is 23.5 Å². The van der Waals surface area contributed by atoms with E-state index in [4.69, 9.17) is 11.6 Å². The Balaban J connectivity index is 1.73. The third-order valence-corrected chi connectivity index (χ3v) is 7.24. The zero-order valence-electron chi connectivity index (χ0n) is 15.1. The molecule has 0 atom stereocenters. The minimum Gasteiger partial charge on any atom is -0.296 e. The number of hydrogen-bond donors (Lipinski definition) is 0. The van der Waals surface area contributed by atoms with Gasteiger partial charge in [0.05, 0.1) is 11.4 Å². The molecule has 0 amide bonds. The molecule has 0 saturated carbocycles. The van der Waals surface area contributed by atoms with Crippen LogP contribution in [0.15, 0.2) is 29.2 Å². The summed E-state index contributed by atoms with van der Waals surface area (Å²) in [6.07, 6.45) is 0. The lowest BCUT2D eigenvalue weighted by atomic mass is 10.2. The summed E-state index contributed by atoms with van der Waals surface area (Å²) >= 11 is 6.18. The molecule has 3 rings (SSSR count). The average Bonchev–Trinajstić information content (AvgIpc) is 2.93. The second kappa shape index (κ2) is 7.83. The monoisotopic (exact) mass is 418 g/mol. The summed E-state index contributed by atoms with van der Waals surface area (Å²) in [6, 6.07) is 7.54. The molecular weight excluding hydrogens is 398 g/mol. The number of sulfonamides is 1. The highest BCUT2D eigenvalue weighted by atomic mass is 35.5. The molecule has 10 heteroatoms. The van der Waals surface area contributed by atoms with Crippen LogP contribution in [0.4, 0.5) is 8.78 Å². The first-order chi connectivity index (χ1) is 12.7. The minimum absolute atomic E-state index is 0.0407. The molecule has 0 bridgehead atoms. The van der Waals surface area contributed by atoms with E-state index in [0.29, 0.717) is 29.3 Å². The van der Waals surface area contributed by atoms with Crippen molar-refractivity contribution in [3.8, 4) is 0 Å². The molecule has 0 radical (unpaired) electrons. The van der Waals surface area contributed by atoms with Gasteiger partial charge in [-0.15, -0.1) is 0 Å². The Kier molecular flexibility index (Phi) is 5.85. The Hall–Kier alpha value is -1.55. The van der Waals surface area contributed by atoms with E-state index >= 15 is 0 Å². The molecule has 0 spiro atoms. The number of aromatic nitrogens is 2. The molecule has 1 aromatic heterocycles. The highest BCUT2D eigenvalue weighted by Crippen LogP contribution is 2.27. The van der Waals surface area contributed by atoms with E-state index < -0.39 is 16.6 Å². The number of piperazine rings is 1. The van der Waals surface area contributed by atoms with Crippen molar-refractivity contribution in [1.29, 1.82) is 0 Å². The van der Waals surface area contributed by atoms with Crippen molar-refractivity contribution >= 4 is 21.6 Å². The number of benzene rings is 1. The van der Waals surface area contributed by atoms with E-state index in [1.807, 2.05) is 24.3 Å². The lowest BCUT2D eigenvalue weighted by Gasteiger charge is -2.34. The van der Waals surface area contributed by atoms with Crippen molar-refractivity contribution in [2.24, 2.45) is 0 Å². The lowest BCUT2D eigenvalue weighted by Crippen LogP contribution is -2.48. The predicted molar refractivity (Wildman–Crippen MR) is 98.4 cm³/mol. The number of alkyl halides is 2. The second-order valence-electron chi connectivity index (χ2n) is 6.49. The summed E-state index contributed by atoms with van der Waals surface area (Å²) in [5.41, 5.74) is 1.03. The van der Waals surface area contributed by atoms with Gasteiger partial charge in [-0.3, -0.25) is 4.90 Å². The van der Waals surface area contributed by atoms with Crippen LogP contribution in [0.25, 0.3) is 0 Å². The maximum absolute atomic E-state index is 13.0. The largest absolute Gasteiger partial charge is 0.333 e. The fourth-order valence-corrected chi connectivity index (χ4v) is 5.31. The molecule has 0 aliphatic carbocycles. The van der Waals surface area contributed by atoms with Gasteiger partial charge in [0.15, 0.2) is 0 Å². The van der Waals surface area contributed by atoms with E-state index in [1.54, 1.807) is 0 Å². The third-order valence-electron chi connectivity index (χ3n) is 4.72. The van der Waals surface area contributed by atoms with E-state index in [0.717, 1.165) is 5.56 Å². The van der Waals surface area contributed by atoms with Gasteiger partial charge in [-0.05, 0) is 25.5 Å². The molecule has 1 saturated heterocycles. The van der Waals surface area contributed by atoms with Crippen LogP contribution in [-0.4, -0.2) is 53.6 Å². The van der Waals surface area contributed by atoms with Crippen molar-refractivity contribution in [2.75, 3.05) is 26.2 Å². The van der Waals surface area contributed by atoms with Crippen LogP contribution in [-0.2, 0) is 16.6 Å². The summed E-state index contributed by atoms with van der Waals surface area (Å²) in [7, 11) is -3.88. The standard InChI is InChI=1S/C17H21ClF2N4O2S/c1-12-16(13(2)24(21-12)17(19)20)27(25,26)23-9-7-22(8-10-23)11-14-5-3-4-6-15(14)18/h3-6,17H,7-11H2,1-2H3. The van der Waals surface area contributed by atoms with Gasteiger partial charge in [-0.25, -0.2) is 13.1 Å². The highest BCUT2D eigenvalue weighted by molar-refractivity contribution is 7.89. The van der Waals surface area contributed by atoms with E-state index in [-0.39, 0.29) is 29.4 Å². The van der Waals surface area contributed by atoms with Crippen LogP contribution in [0.5, 0.6) is 0 Å². The molecule has 148 valence electrons. The maximum Gasteiger partial charge on any atom is 0.333 e. The first-order valence-electron chi connectivity index (χ1n) is 8.51. The quantitative estimate of drug-likeness (QED) is 0.748. The molecule has 1 aliphatic rings. The number of aryl methyl sites for hydroxylation is 1. The molecular formula is C17H21ClF2N4O2S. The topological polar surface area (TPSA) is 58.4 Å². The summed E-state index contributed by atoms with van der Waals surface area (Å²) in [5.74, 6) is 0. The fourth-order valence-electron chi connectivity index (χ4n) is 3.34. The van der Waals surface area contributed by atoms with Crippen LogP contribution < -0.4 is 0 Å². The Morgan fingerprint density at radius 1 is 1.15 bits per heavy atom. The number of hydrogen-bond acceptors (Lipinski definition) is 4. The van der Waals surface area contributed by atoms with Gasteiger partial charge in [-0.2, -0.15) is 18.2 Å². The zero-order valence-corrected chi connectivity index (χ0v) is 16.6. The normalized spacial score (nSPS) is 17.0.